The molecule has 6 heteroatoms. The van der Waals surface area contributed by atoms with Crippen molar-refractivity contribution in [1.29, 1.82) is 0 Å². The lowest BCUT2D eigenvalue weighted by Gasteiger charge is -2.30. The van der Waals surface area contributed by atoms with Crippen LogP contribution in [-0.4, -0.2) is 41.0 Å². The fraction of sp³-hybridized carbons (Fsp3) is 0.474. The highest BCUT2D eigenvalue weighted by atomic mass is 16.5. The number of hydrogen-bond donors (Lipinski definition) is 2. The number of aryl methyl sites for hydroxylation is 1. The Morgan fingerprint density at radius 1 is 1.32 bits per heavy atom. The number of amides is 1. The molecule has 3 rings (SSSR count). The highest BCUT2D eigenvalue weighted by Gasteiger charge is 2.25. The van der Waals surface area contributed by atoms with Gasteiger partial charge in [-0.15, -0.1) is 0 Å². The number of likely N-dealkylation sites (tertiary alicyclic amines) is 1. The molecule has 1 aliphatic heterocycles. The first kappa shape index (κ1) is 17.5. The lowest BCUT2D eigenvalue weighted by Crippen LogP contribution is -2.40. The second-order valence-corrected chi connectivity index (χ2v) is 6.59. The number of nitrogens with one attached hydrogen (secondary N) is 2. The molecule has 0 saturated carbocycles. The molecule has 1 aliphatic rings. The van der Waals surface area contributed by atoms with E-state index in [1.165, 1.54) is 0 Å². The summed E-state index contributed by atoms with van der Waals surface area (Å²) in [6, 6.07) is 7.79. The monoisotopic (exact) mass is 342 g/mol. The zero-order chi connectivity index (χ0) is 17.6. The molecule has 0 spiro atoms. The first-order valence-electron chi connectivity index (χ1n) is 8.77. The molecule has 0 unspecified atom stereocenters. The molecular weight excluding hydrogens is 316 g/mol. The summed E-state index contributed by atoms with van der Waals surface area (Å²) in [6.07, 6.45) is 3.54. The molecular formula is C19H26N4O2. The second kappa shape index (κ2) is 8.16. The Labute approximate surface area is 148 Å². The van der Waals surface area contributed by atoms with Gasteiger partial charge in [0.25, 0.3) is 0 Å². The van der Waals surface area contributed by atoms with Crippen molar-refractivity contribution in [3.63, 3.8) is 0 Å². The molecule has 6 nitrogen and oxygen atoms in total. The fourth-order valence-electron chi connectivity index (χ4n) is 3.19. The van der Waals surface area contributed by atoms with Gasteiger partial charge >= 0.3 is 0 Å². The number of aromatic nitrogens is 2. The van der Waals surface area contributed by atoms with E-state index in [0.29, 0.717) is 6.54 Å². The minimum Gasteiger partial charge on any atom is -0.497 e. The normalized spacial score (nSPS) is 15.9. The van der Waals surface area contributed by atoms with E-state index in [9.17, 15) is 4.79 Å². The summed E-state index contributed by atoms with van der Waals surface area (Å²) in [6.45, 7) is 5.34. The summed E-state index contributed by atoms with van der Waals surface area (Å²) in [7, 11) is 1.65. The van der Waals surface area contributed by atoms with E-state index >= 15 is 0 Å². The number of methoxy groups -OCH3 is 1. The standard InChI is InChI=1S/C19H26N4O2/c1-14-18(22-13-21-14)12-23-9-7-16(8-10-23)19(24)20-11-15-3-5-17(25-2)6-4-15/h3-6,13,16H,7-12H2,1-2H3,(H,20,24)(H,21,22). The van der Waals surface area contributed by atoms with Gasteiger partial charge in [0, 0.05) is 24.7 Å². The van der Waals surface area contributed by atoms with E-state index in [0.717, 1.165) is 55.2 Å². The van der Waals surface area contributed by atoms with Crippen molar-refractivity contribution in [2.45, 2.75) is 32.9 Å². The highest BCUT2D eigenvalue weighted by molar-refractivity contribution is 5.78. The molecule has 2 N–H and O–H groups in total. The lowest BCUT2D eigenvalue weighted by molar-refractivity contribution is -0.126. The molecule has 1 fully saturated rings. The van der Waals surface area contributed by atoms with Crippen LogP contribution in [-0.2, 0) is 17.9 Å². The van der Waals surface area contributed by atoms with Crippen molar-refractivity contribution in [2.24, 2.45) is 5.92 Å². The third-order valence-electron chi connectivity index (χ3n) is 4.89. The Morgan fingerprint density at radius 3 is 2.64 bits per heavy atom. The van der Waals surface area contributed by atoms with Crippen LogP contribution in [0.1, 0.15) is 29.8 Å². The van der Waals surface area contributed by atoms with Gasteiger partial charge in [0.1, 0.15) is 5.75 Å². The van der Waals surface area contributed by atoms with Crippen LogP contribution < -0.4 is 10.1 Å². The van der Waals surface area contributed by atoms with Crippen LogP contribution in [0.25, 0.3) is 0 Å². The SMILES string of the molecule is COc1ccc(CNC(=O)C2CCN(Cc3nc[nH]c3C)CC2)cc1. The molecule has 1 saturated heterocycles. The average molecular weight is 342 g/mol. The third kappa shape index (κ3) is 4.60. The first-order valence-corrected chi connectivity index (χ1v) is 8.77. The smallest absolute Gasteiger partial charge is 0.223 e. The molecule has 0 bridgehead atoms. The summed E-state index contributed by atoms with van der Waals surface area (Å²) >= 11 is 0. The molecule has 0 aliphatic carbocycles. The van der Waals surface area contributed by atoms with Crippen LogP contribution in [0.4, 0.5) is 0 Å². The van der Waals surface area contributed by atoms with Gasteiger partial charge in [0.2, 0.25) is 5.91 Å². The van der Waals surface area contributed by atoms with Crippen LogP contribution in [0.3, 0.4) is 0 Å². The number of rotatable bonds is 6. The van der Waals surface area contributed by atoms with Crippen molar-refractivity contribution >= 4 is 5.91 Å². The number of hydrogen-bond acceptors (Lipinski definition) is 4. The summed E-state index contributed by atoms with van der Waals surface area (Å²) in [5.74, 6) is 1.09. The lowest BCUT2D eigenvalue weighted by atomic mass is 9.95. The van der Waals surface area contributed by atoms with Crippen molar-refractivity contribution in [3.8, 4) is 5.75 Å². The van der Waals surface area contributed by atoms with Gasteiger partial charge in [-0.2, -0.15) is 0 Å². The maximum Gasteiger partial charge on any atom is 0.223 e. The second-order valence-electron chi connectivity index (χ2n) is 6.59. The van der Waals surface area contributed by atoms with E-state index in [2.05, 4.69) is 20.2 Å². The van der Waals surface area contributed by atoms with E-state index in [-0.39, 0.29) is 11.8 Å². The Morgan fingerprint density at radius 2 is 2.04 bits per heavy atom. The minimum atomic E-state index is 0.106. The van der Waals surface area contributed by atoms with E-state index in [4.69, 9.17) is 4.74 Å². The largest absolute Gasteiger partial charge is 0.497 e. The molecule has 1 aromatic carbocycles. The number of benzene rings is 1. The number of aromatic amines is 1. The van der Waals surface area contributed by atoms with Gasteiger partial charge in [-0.1, -0.05) is 12.1 Å². The van der Waals surface area contributed by atoms with Gasteiger partial charge in [0.05, 0.1) is 19.1 Å². The Balaban J connectivity index is 1.42. The zero-order valence-electron chi connectivity index (χ0n) is 14.9. The van der Waals surface area contributed by atoms with E-state index in [1.54, 1.807) is 13.4 Å². The predicted octanol–water partition coefficient (Wildman–Crippen LogP) is 2.26. The first-order chi connectivity index (χ1) is 12.2. The predicted molar refractivity (Wildman–Crippen MR) is 96.2 cm³/mol. The van der Waals surface area contributed by atoms with Crippen molar-refractivity contribution in [3.05, 3.63) is 47.5 Å². The summed E-state index contributed by atoms with van der Waals surface area (Å²) in [4.78, 5) is 22.2. The molecule has 1 aromatic heterocycles. The summed E-state index contributed by atoms with van der Waals surface area (Å²) in [5, 5.41) is 3.06. The molecule has 2 heterocycles. The number of piperidine rings is 1. The van der Waals surface area contributed by atoms with Crippen LogP contribution in [0, 0.1) is 12.8 Å². The maximum absolute atomic E-state index is 12.4. The molecule has 0 atom stereocenters. The van der Waals surface area contributed by atoms with E-state index in [1.807, 2.05) is 31.2 Å². The zero-order valence-corrected chi connectivity index (χ0v) is 14.9. The number of carbonyl (C=O) groups is 1. The van der Waals surface area contributed by atoms with Crippen LogP contribution in [0.5, 0.6) is 5.75 Å². The number of carbonyl (C=O) groups excluding carboxylic acids is 1. The number of imidazole rings is 1. The topological polar surface area (TPSA) is 70.2 Å². The van der Waals surface area contributed by atoms with Crippen LogP contribution >= 0.6 is 0 Å². The highest BCUT2D eigenvalue weighted by Crippen LogP contribution is 2.20. The number of H-pyrrole nitrogens is 1. The fourth-order valence-corrected chi connectivity index (χ4v) is 3.19. The molecule has 0 radical (unpaired) electrons. The van der Waals surface area contributed by atoms with Gasteiger partial charge in [0.15, 0.2) is 0 Å². The van der Waals surface area contributed by atoms with Crippen molar-refractivity contribution < 1.29 is 9.53 Å². The van der Waals surface area contributed by atoms with Crippen molar-refractivity contribution in [1.82, 2.24) is 20.2 Å². The minimum absolute atomic E-state index is 0.106. The van der Waals surface area contributed by atoms with Crippen LogP contribution in [0.2, 0.25) is 0 Å². The average Bonchev–Trinajstić information content (AvgIpc) is 3.05. The van der Waals surface area contributed by atoms with Gasteiger partial charge in [-0.25, -0.2) is 4.98 Å². The van der Waals surface area contributed by atoms with Crippen molar-refractivity contribution in [2.75, 3.05) is 20.2 Å². The maximum atomic E-state index is 12.4. The van der Waals surface area contributed by atoms with Crippen LogP contribution in [0.15, 0.2) is 30.6 Å². The van der Waals surface area contributed by atoms with Gasteiger partial charge < -0.3 is 15.0 Å². The summed E-state index contributed by atoms with van der Waals surface area (Å²) in [5.41, 5.74) is 3.31. The Bertz CT molecular complexity index is 688. The molecule has 25 heavy (non-hydrogen) atoms. The number of ether oxygens (including phenoxy) is 1. The number of nitrogens with zero attached hydrogens (tertiary/aromatic N) is 2. The third-order valence-corrected chi connectivity index (χ3v) is 4.89. The molecule has 134 valence electrons. The summed E-state index contributed by atoms with van der Waals surface area (Å²) < 4.78 is 5.15. The Kier molecular flexibility index (Phi) is 5.71. The molecule has 1 amide bonds. The van der Waals surface area contributed by atoms with Gasteiger partial charge in [-0.05, 0) is 50.6 Å². The quantitative estimate of drug-likeness (QED) is 0.845. The molecule has 2 aromatic rings. The Hall–Kier alpha value is -2.34. The van der Waals surface area contributed by atoms with E-state index < -0.39 is 0 Å². The van der Waals surface area contributed by atoms with Gasteiger partial charge in [-0.3, -0.25) is 9.69 Å².